The number of aliphatic imine (C=N–C) groups is 1. The van der Waals surface area contributed by atoms with Gasteiger partial charge in [-0.3, -0.25) is 29.6 Å². The van der Waals surface area contributed by atoms with E-state index in [9.17, 15) is 19.7 Å². The lowest BCUT2D eigenvalue weighted by Crippen LogP contribution is -2.58. The number of anilines is 1. The van der Waals surface area contributed by atoms with Gasteiger partial charge < -0.3 is 10.1 Å². The first-order valence-electron chi connectivity index (χ1n) is 8.44. The Kier molecular flexibility index (Phi) is 5.64. The Hall–Kier alpha value is -3.66. The average Bonchev–Trinajstić information content (AvgIpc) is 2.68. The van der Waals surface area contributed by atoms with Crippen molar-refractivity contribution < 1.29 is 19.2 Å². The largest absolute Gasteiger partial charge is 0.494 e. The summed E-state index contributed by atoms with van der Waals surface area (Å²) in [5.74, 6) is -2.19. The van der Waals surface area contributed by atoms with Crippen LogP contribution in [0.25, 0.3) is 0 Å². The lowest BCUT2D eigenvalue weighted by Gasteiger charge is -2.31. The third-order valence-corrected chi connectivity index (χ3v) is 4.51. The van der Waals surface area contributed by atoms with Gasteiger partial charge in [-0.15, -0.1) is 0 Å². The first-order chi connectivity index (χ1) is 13.8. The maximum absolute atomic E-state index is 12.9. The van der Waals surface area contributed by atoms with E-state index in [4.69, 9.17) is 17.0 Å². The summed E-state index contributed by atoms with van der Waals surface area (Å²) in [4.78, 5) is 41.0. The van der Waals surface area contributed by atoms with E-state index in [1.54, 1.807) is 12.1 Å². The maximum Gasteiger partial charge on any atom is 0.271 e. The van der Waals surface area contributed by atoms with Crippen LogP contribution in [0.2, 0.25) is 0 Å². The molecule has 9 nitrogen and oxygen atoms in total. The summed E-state index contributed by atoms with van der Waals surface area (Å²) >= 11 is 5.15. The Morgan fingerprint density at radius 3 is 2.55 bits per heavy atom. The van der Waals surface area contributed by atoms with Crippen molar-refractivity contribution in [3.63, 3.8) is 0 Å². The molecule has 0 spiro atoms. The second-order valence-corrected chi connectivity index (χ2v) is 6.56. The molecule has 29 heavy (non-hydrogen) atoms. The number of carbonyl (C=O) groups excluding carboxylic acids is 2. The quantitative estimate of drug-likeness (QED) is 0.266. The van der Waals surface area contributed by atoms with Crippen molar-refractivity contribution in [2.24, 2.45) is 10.9 Å². The summed E-state index contributed by atoms with van der Waals surface area (Å²) in [7, 11) is 1.39. The molecule has 1 heterocycles. The van der Waals surface area contributed by atoms with Crippen molar-refractivity contribution in [1.82, 2.24) is 5.32 Å². The number of nitrogens with one attached hydrogen (secondary N) is 1. The van der Waals surface area contributed by atoms with Gasteiger partial charge in [-0.25, -0.2) is 0 Å². The number of hydrogen-bond acceptors (Lipinski definition) is 7. The Morgan fingerprint density at radius 1 is 1.24 bits per heavy atom. The maximum atomic E-state index is 12.9. The number of amides is 2. The molecule has 148 valence electrons. The Labute approximate surface area is 171 Å². The number of rotatable bonds is 5. The Balaban J connectivity index is 1.93. The second kappa shape index (κ2) is 8.15. The third-order valence-electron chi connectivity index (χ3n) is 4.23. The van der Waals surface area contributed by atoms with E-state index < -0.39 is 22.7 Å². The van der Waals surface area contributed by atoms with Gasteiger partial charge in [0, 0.05) is 18.3 Å². The number of benzene rings is 2. The SMILES string of the molecule is COc1ccc([N+](=O)[O-])cc1N=C[C@@H]1C(=O)NC(=S)N(c2ccc(C)cc2)C1=O. The average molecular weight is 412 g/mol. The molecule has 1 fully saturated rings. The van der Waals surface area contributed by atoms with Crippen molar-refractivity contribution in [2.75, 3.05) is 12.0 Å². The smallest absolute Gasteiger partial charge is 0.271 e. The van der Waals surface area contributed by atoms with Crippen molar-refractivity contribution >= 4 is 52.4 Å². The molecule has 0 aliphatic carbocycles. The van der Waals surface area contributed by atoms with Gasteiger partial charge in [0.2, 0.25) is 5.91 Å². The van der Waals surface area contributed by atoms with Gasteiger partial charge in [0.25, 0.3) is 11.6 Å². The number of thiocarbonyl (C=S) groups is 1. The van der Waals surface area contributed by atoms with Gasteiger partial charge >= 0.3 is 0 Å². The van der Waals surface area contributed by atoms with E-state index in [0.717, 1.165) is 11.8 Å². The first kappa shape index (κ1) is 20.1. The van der Waals surface area contributed by atoms with Crippen LogP contribution in [0.15, 0.2) is 47.5 Å². The second-order valence-electron chi connectivity index (χ2n) is 6.17. The highest BCUT2D eigenvalue weighted by Gasteiger charge is 2.38. The van der Waals surface area contributed by atoms with E-state index in [1.807, 2.05) is 19.1 Å². The van der Waals surface area contributed by atoms with Gasteiger partial charge in [0.1, 0.15) is 11.4 Å². The van der Waals surface area contributed by atoms with E-state index in [2.05, 4.69) is 10.3 Å². The molecule has 2 aromatic carbocycles. The van der Waals surface area contributed by atoms with Crippen LogP contribution in [-0.4, -0.2) is 35.2 Å². The number of carbonyl (C=O) groups is 2. The van der Waals surface area contributed by atoms with Crippen LogP contribution in [-0.2, 0) is 9.59 Å². The minimum atomic E-state index is -1.26. The van der Waals surface area contributed by atoms with Crippen molar-refractivity contribution in [2.45, 2.75) is 6.92 Å². The van der Waals surface area contributed by atoms with E-state index in [1.165, 1.54) is 30.2 Å². The van der Waals surface area contributed by atoms with Gasteiger partial charge in [0.05, 0.1) is 17.7 Å². The van der Waals surface area contributed by atoms with Crippen molar-refractivity contribution in [1.29, 1.82) is 0 Å². The monoisotopic (exact) mass is 412 g/mol. The highest BCUT2D eigenvalue weighted by molar-refractivity contribution is 7.80. The zero-order chi connectivity index (χ0) is 21.1. The lowest BCUT2D eigenvalue weighted by molar-refractivity contribution is -0.384. The molecule has 1 atom stereocenters. The molecular formula is C19H16N4O5S. The molecule has 1 N–H and O–H groups in total. The molecule has 0 radical (unpaired) electrons. The number of non-ortho nitro benzene ring substituents is 1. The van der Waals surface area contributed by atoms with Crippen molar-refractivity contribution in [3.05, 3.63) is 58.1 Å². The molecule has 0 saturated carbocycles. The van der Waals surface area contributed by atoms with Gasteiger partial charge in [-0.05, 0) is 37.3 Å². The number of nitrogens with zero attached hydrogens (tertiary/aromatic N) is 3. The highest BCUT2D eigenvalue weighted by atomic mass is 32.1. The molecule has 1 saturated heterocycles. The standard InChI is InChI=1S/C19H16N4O5S/c1-11-3-5-12(6-4-11)22-18(25)14(17(24)21-19(22)29)10-20-15-9-13(23(26)27)7-8-16(15)28-2/h3-10,14H,1-2H3,(H,21,24,29)/t14-/m1/s1. The minimum absolute atomic E-state index is 0.0265. The molecule has 10 heteroatoms. The molecule has 0 aromatic heterocycles. The number of hydrogen-bond donors (Lipinski definition) is 1. The fraction of sp³-hybridized carbons (Fsp3) is 0.158. The summed E-state index contributed by atoms with van der Waals surface area (Å²) in [6.07, 6.45) is 1.13. The minimum Gasteiger partial charge on any atom is -0.494 e. The molecular weight excluding hydrogens is 396 g/mol. The first-order valence-corrected chi connectivity index (χ1v) is 8.84. The van der Waals surface area contributed by atoms with Crippen LogP contribution in [0.4, 0.5) is 17.1 Å². The molecule has 3 rings (SSSR count). The van der Waals surface area contributed by atoms with Crippen LogP contribution in [0, 0.1) is 23.0 Å². The van der Waals surface area contributed by atoms with Crippen LogP contribution in [0.5, 0.6) is 5.75 Å². The van der Waals surface area contributed by atoms with Crippen LogP contribution in [0.1, 0.15) is 5.56 Å². The van der Waals surface area contributed by atoms with Crippen LogP contribution in [0.3, 0.4) is 0 Å². The summed E-state index contributed by atoms with van der Waals surface area (Å²) in [5.41, 5.74) is 1.44. The molecule has 1 aliphatic rings. The van der Waals surface area contributed by atoms with E-state index in [-0.39, 0.29) is 22.2 Å². The zero-order valence-electron chi connectivity index (χ0n) is 15.5. The third kappa shape index (κ3) is 4.11. The van der Waals surface area contributed by atoms with Crippen LogP contribution >= 0.6 is 12.2 Å². The molecule has 0 unspecified atom stereocenters. The fourth-order valence-electron chi connectivity index (χ4n) is 2.71. The Morgan fingerprint density at radius 2 is 1.93 bits per heavy atom. The number of nitro benzene ring substituents is 1. The lowest BCUT2D eigenvalue weighted by atomic mass is 10.1. The van der Waals surface area contributed by atoms with Crippen LogP contribution < -0.4 is 15.0 Å². The highest BCUT2D eigenvalue weighted by Crippen LogP contribution is 2.31. The molecule has 2 amide bonds. The molecule has 1 aliphatic heterocycles. The number of ether oxygens (including phenoxy) is 1. The van der Waals surface area contributed by atoms with Gasteiger partial charge in [0.15, 0.2) is 11.0 Å². The predicted molar refractivity (Wildman–Crippen MR) is 111 cm³/mol. The number of methoxy groups -OCH3 is 1. The summed E-state index contributed by atoms with van der Waals surface area (Å²) < 4.78 is 5.14. The zero-order valence-corrected chi connectivity index (χ0v) is 16.3. The fourth-order valence-corrected chi connectivity index (χ4v) is 3.00. The van der Waals surface area contributed by atoms with Gasteiger partial charge in [-0.1, -0.05) is 17.7 Å². The Bertz CT molecular complexity index is 1040. The number of aryl methyl sites for hydroxylation is 1. The van der Waals surface area contributed by atoms with Crippen molar-refractivity contribution in [3.8, 4) is 5.75 Å². The normalized spacial score (nSPS) is 16.8. The topological polar surface area (TPSA) is 114 Å². The number of nitro groups is 1. The predicted octanol–water partition coefficient (Wildman–Crippen LogP) is 2.68. The molecule has 0 bridgehead atoms. The van der Waals surface area contributed by atoms with E-state index in [0.29, 0.717) is 5.69 Å². The summed E-state index contributed by atoms with van der Waals surface area (Å²) in [6.45, 7) is 1.91. The molecule has 2 aromatic rings. The summed E-state index contributed by atoms with van der Waals surface area (Å²) in [5, 5.41) is 13.5. The summed E-state index contributed by atoms with van der Waals surface area (Å²) in [6, 6.07) is 10.9. The van der Waals surface area contributed by atoms with Gasteiger partial charge in [-0.2, -0.15) is 0 Å². The van der Waals surface area contributed by atoms with E-state index >= 15 is 0 Å².